The van der Waals surface area contributed by atoms with E-state index in [0.29, 0.717) is 34.7 Å². The molecule has 0 aliphatic carbocycles. The molecule has 1 amide bonds. The number of methoxy groups -OCH3 is 1. The van der Waals surface area contributed by atoms with Gasteiger partial charge in [0.25, 0.3) is 5.91 Å². The fourth-order valence-electron chi connectivity index (χ4n) is 4.46. The molecule has 1 unspecified atom stereocenters. The van der Waals surface area contributed by atoms with Crippen LogP contribution in [0.2, 0.25) is 0 Å². The molecular weight excluding hydrogens is 572 g/mol. The lowest BCUT2D eigenvalue weighted by atomic mass is 9.98. The van der Waals surface area contributed by atoms with E-state index in [-0.39, 0.29) is 11.3 Å². The monoisotopic (exact) mass is 606 g/mol. The van der Waals surface area contributed by atoms with Gasteiger partial charge in [0, 0.05) is 29.6 Å². The molecule has 9 nitrogen and oxygen atoms in total. The number of sulfone groups is 1. The molecule has 0 aliphatic heterocycles. The van der Waals surface area contributed by atoms with Crippen LogP contribution in [0.15, 0.2) is 90.2 Å². The molecule has 0 saturated carbocycles. The highest BCUT2D eigenvalue weighted by Crippen LogP contribution is 2.29. The lowest BCUT2D eigenvalue weighted by molar-refractivity contribution is -0.142. The third-order valence-electron chi connectivity index (χ3n) is 6.76. The molecule has 0 aliphatic rings. The van der Waals surface area contributed by atoms with Crippen molar-refractivity contribution in [3.63, 3.8) is 0 Å². The summed E-state index contributed by atoms with van der Waals surface area (Å²) in [5, 5.41) is 4.99. The van der Waals surface area contributed by atoms with Crippen LogP contribution in [0.3, 0.4) is 0 Å². The van der Waals surface area contributed by atoms with Crippen LogP contribution in [0.4, 0.5) is 5.69 Å². The minimum Gasteiger partial charge on any atom is -0.467 e. The summed E-state index contributed by atoms with van der Waals surface area (Å²) < 4.78 is 32.5. The first-order chi connectivity index (χ1) is 20.2. The summed E-state index contributed by atoms with van der Waals surface area (Å²) in [4.78, 5) is 33.1. The second-order valence-corrected chi connectivity index (χ2v) is 12.8. The van der Waals surface area contributed by atoms with Crippen molar-refractivity contribution in [2.75, 3.05) is 24.4 Å². The van der Waals surface area contributed by atoms with E-state index in [9.17, 15) is 18.0 Å². The van der Waals surface area contributed by atoms with E-state index < -0.39 is 33.1 Å². The molecule has 1 heterocycles. The molecule has 3 aromatic carbocycles. The second-order valence-electron chi connectivity index (χ2n) is 9.73. The number of imidazole rings is 1. The van der Waals surface area contributed by atoms with Gasteiger partial charge in [-0.1, -0.05) is 48.0 Å². The number of aromatic nitrogens is 2. The Morgan fingerprint density at radius 3 is 2.43 bits per heavy atom. The average Bonchev–Trinajstić information content (AvgIpc) is 3.52. The Labute approximate surface area is 250 Å². The number of thioether (sulfide) groups is 1. The zero-order valence-corrected chi connectivity index (χ0v) is 25.3. The van der Waals surface area contributed by atoms with Crippen molar-refractivity contribution in [3.8, 4) is 11.1 Å². The van der Waals surface area contributed by atoms with Crippen molar-refractivity contribution in [2.45, 2.75) is 36.1 Å². The smallest absolute Gasteiger partial charge is 0.328 e. The number of nitrogens with one attached hydrogen (secondary N) is 3. The highest BCUT2D eigenvalue weighted by molar-refractivity contribution is 7.98. The summed E-state index contributed by atoms with van der Waals surface area (Å²) in [6.45, 7) is 1.90. The van der Waals surface area contributed by atoms with E-state index in [1.165, 1.54) is 13.4 Å². The lowest BCUT2D eigenvalue weighted by Crippen LogP contribution is -2.42. The van der Waals surface area contributed by atoms with E-state index in [0.717, 1.165) is 11.1 Å². The van der Waals surface area contributed by atoms with Crippen LogP contribution in [-0.4, -0.2) is 60.8 Å². The molecule has 42 heavy (non-hydrogen) atoms. The first-order valence-electron chi connectivity index (χ1n) is 13.3. The average molecular weight is 607 g/mol. The van der Waals surface area contributed by atoms with Gasteiger partial charge in [-0.05, 0) is 66.8 Å². The number of aromatic amines is 1. The van der Waals surface area contributed by atoms with Crippen molar-refractivity contribution in [1.82, 2.24) is 15.3 Å². The number of carbonyl (C=O) groups is 2. The number of hydrogen-bond acceptors (Lipinski definition) is 8. The fourth-order valence-corrected chi connectivity index (χ4v) is 6.47. The molecule has 4 rings (SSSR count). The Morgan fingerprint density at radius 1 is 1.05 bits per heavy atom. The van der Waals surface area contributed by atoms with E-state index in [2.05, 4.69) is 20.6 Å². The zero-order valence-electron chi connectivity index (χ0n) is 23.7. The number of nitrogens with zero attached hydrogens (tertiary/aromatic N) is 1. The van der Waals surface area contributed by atoms with E-state index in [1.807, 2.05) is 43.5 Å². The molecule has 0 radical (unpaired) electrons. The summed E-state index contributed by atoms with van der Waals surface area (Å²) >= 11 is 1.57. The van der Waals surface area contributed by atoms with Gasteiger partial charge in [-0.25, -0.2) is 18.2 Å². The predicted molar refractivity (Wildman–Crippen MR) is 166 cm³/mol. The first kappa shape index (κ1) is 30.9. The van der Waals surface area contributed by atoms with Gasteiger partial charge in [0.1, 0.15) is 11.4 Å². The topological polar surface area (TPSA) is 130 Å². The van der Waals surface area contributed by atoms with Crippen molar-refractivity contribution < 1.29 is 22.7 Å². The molecule has 4 aromatic rings. The fraction of sp³-hybridized carbons (Fsp3) is 0.258. The highest BCUT2D eigenvalue weighted by atomic mass is 32.2. The number of amides is 1. The largest absolute Gasteiger partial charge is 0.467 e. The summed E-state index contributed by atoms with van der Waals surface area (Å²) in [5.74, 6) is -0.278. The van der Waals surface area contributed by atoms with Crippen molar-refractivity contribution in [3.05, 3.63) is 102 Å². The van der Waals surface area contributed by atoms with Crippen molar-refractivity contribution >= 4 is 39.2 Å². The van der Waals surface area contributed by atoms with Gasteiger partial charge in [0.15, 0.2) is 9.84 Å². The Kier molecular flexibility index (Phi) is 10.4. The normalized spacial score (nSPS) is 12.7. The van der Waals surface area contributed by atoms with Crippen LogP contribution in [0.25, 0.3) is 11.1 Å². The van der Waals surface area contributed by atoms with Gasteiger partial charge in [0.05, 0.1) is 18.3 Å². The maximum atomic E-state index is 13.8. The molecule has 0 fully saturated rings. The van der Waals surface area contributed by atoms with Crippen LogP contribution in [-0.2, 0) is 25.8 Å². The quantitative estimate of drug-likeness (QED) is 0.184. The summed E-state index contributed by atoms with van der Waals surface area (Å²) in [6, 6.07) is 20.3. The number of esters is 1. The Hall–Kier alpha value is -4.09. The van der Waals surface area contributed by atoms with Crippen LogP contribution in [0, 0.1) is 6.92 Å². The maximum absolute atomic E-state index is 13.8. The SMILES string of the molecule is COC(=O)[C@H](CCSC)NC(=O)c1ccc(NC(Cc2cnc[nH]2)S(=O)(=O)c2ccc(C)cc2)cc1-c1ccccc1. The van der Waals surface area contributed by atoms with Crippen molar-refractivity contribution in [1.29, 1.82) is 0 Å². The number of benzene rings is 3. The summed E-state index contributed by atoms with van der Waals surface area (Å²) in [5.41, 5.74) is 3.81. The molecule has 0 saturated heterocycles. The highest BCUT2D eigenvalue weighted by Gasteiger charge is 2.29. The summed E-state index contributed by atoms with van der Waals surface area (Å²) in [7, 11) is -2.53. The minimum absolute atomic E-state index is 0.134. The zero-order chi connectivity index (χ0) is 30.1. The van der Waals surface area contributed by atoms with Gasteiger partial charge >= 0.3 is 5.97 Å². The third-order valence-corrected chi connectivity index (χ3v) is 9.37. The molecule has 0 spiro atoms. The van der Waals surface area contributed by atoms with Gasteiger partial charge in [-0.3, -0.25) is 4.79 Å². The third kappa shape index (κ3) is 7.59. The molecule has 3 N–H and O–H groups in total. The van der Waals surface area contributed by atoms with E-state index >= 15 is 0 Å². The minimum atomic E-state index is -3.82. The first-order valence-corrected chi connectivity index (χ1v) is 16.3. The Morgan fingerprint density at radius 2 is 1.79 bits per heavy atom. The number of rotatable bonds is 13. The second kappa shape index (κ2) is 14.2. The van der Waals surface area contributed by atoms with Crippen LogP contribution in [0.5, 0.6) is 0 Å². The Balaban J connectivity index is 1.71. The molecule has 0 bridgehead atoms. The number of aryl methyl sites for hydroxylation is 1. The van der Waals surface area contributed by atoms with Crippen LogP contribution >= 0.6 is 11.8 Å². The molecule has 220 valence electrons. The molecule has 11 heteroatoms. The van der Waals surface area contributed by atoms with Crippen LogP contribution in [0.1, 0.15) is 28.0 Å². The van der Waals surface area contributed by atoms with Gasteiger partial charge in [-0.15, -0.1) is 0 Å². The predicted octanol–water partition coefficient (Wildman–Crippen LogP) is 4.86. The number of hydrogen-bond donors (Lipinski definition) is 3. The van der Waals surface area contributed by atoms with Gasteiger partial charge in [0.2, 0.25) is 0 Å². The standard InChI is InChI=1S/C31H34N4O5S2/c1-21-9-12-25(13-10-21)42(38,39)29(18-24-19-32-20-33-24)34-23-11-14-26(27(17-23)22-7-5-4-6-8-22)30(36)35-28(15-16-41-3)31(37)40-2/h4-14,17,19-20,28-29,34H,15-16,18H2,1-3H3,(H,32,33)(H,35,36)/t28-,29?/m0/s1. The van der Waals surface area contributed by atoms with Crippen molar-refractivity contribution in [2.24, 2.45) is 0 Å². The number of anilines is 1. The number of ether oxygens (including phenoxy) is 1. The van der Waals surface area contributed by atoms with E-state index in [1.54, 1.807) is 60.4 Å². The molecule has 1 aromatic heterocycles. The van der Waals surface area contributed by atoms with Crippen LogP contribution < -0.4 is 10.6 Å². The Bertz CT molecular complexity index is 1590. The molecule has 2 atom stereocenters. The van der Waals surface area contributed by atoms with E-state index in [4.69, 9.17) is 4.74 Å². The number of carbonyl (C=O) groups excluding carboxylic acids is 2. The number of H-pyrrole nitrogens is 1. The summed E-state index contributed by atoms with van der Waals surface area (Å²) in [6.07, 6.45) is 5.58. The molecular formula is C31H34N4O5S2. The van der Waals surface area contributed by atoms with Gasteiger partial charge in [-0.2, -0.15) is 11.8 Å². The maximum Gasteiger partial charge on any atom is 0.328 e. The van der Waals surface area contributed by atoms with Gasteiger partial charge < -0.3 is 20.4 Å². The lowest BCUT2D eigenvalue weighted by Gasteiger charge is -2.22.